The molecule has 3 aromatic heterocycles. The Morgan fingerprint density at radius 2 is 0.792 bits per heavy atom. The summed E-state index contributed by atoms with van der Waals surface area (Å²) in [5.41, 5.74) is 15.6. The second-order valence-electron chi connectivity index (χ2n) is 17.8. The van der Waals surface area contributed by atoms with Crippen molar-refractivity contribution in [2.75, 3.05) is 0 Å². The number of rotatable bonds is 8. The first-order valence-corrected chi connectivity index (χ1v) is 23.8. The van der Waals surface area contributed by atoms with Crippen LogP contribution in [0.2, 0.25) is 0 Å². The largest absolute Gasteiger partial charge is 0.309 e. The molecule has 0 amide bonds. The lowest BCUT2D eigenvalue weighted by atomic mass is 9.99. The molecule has 3 heterocycles. The highest BCUT2D eigenvalue weighted by molar-refractivity contribution is 6.12. The van der Waals surface area contributed by atoms with E-state index in [1.54, 1.807) is 0 Å². The third-order valence-corrected chi connectivity index (χ3v) is 13.6. The van der Waals surface area contributed by atoms with Gasteiger partial charge in [-0.25, -0.2) is 19.8 Å². The van der Waals surface area contributed by atoms with Crippen LogP contribution < -0.4 is 0 Å². The van der Waals surface area contributed by atoms with Gasteiger partial charge in [-0.2, -0.15) is 5.26 Å². The molecule has 334 valence electrons. The van der Waals surface area contributed by atoms with E-state index in [0.717, 1.165) is 99.5 Å². The lowest BCUT2D eigenvalue weighted by Gasteiger charge is -2.17. The summed E-state index contributed by atoms with van der Waals surface area (Å²) in [5, 5.41) is 15.4. The van der Waals surface area contributed by atoms with Gasteiger partial charge < -0.3 is 9.13 Å². The topological polar surface area (TPSA) is 76.7 Å². The Kier molecular flexibility index (Phi) is 10.1. The predicted octanol–water partition coefficient (Wildman–Crippen LogP) is 16.5. The van der Waals surface area contributed by atoms with Gasteiger partial charge in [0, 0.05) is 43.8 Å². The van der Waals surface area contributed by atoms with E-state index in [1.165, 1.54) is 0 Å². The summed E-state index contributed by atoms with van der Waals surface area (Å²) < 4.78 is 4.50. The van der Waals surface area contributed by atoms with Crippen LogP contribution in [-0.4, -0.2) is 24.1 Å². The molecule has 0 unspecified atom stereocenters. The van der Waals surface area contributed by atoms with Crippen molar-refractivity contribution < 1.29 is 0 Å². The smallest absolute Gasteiger partial charge is 0.187 e. The summed E-state index contributed by atoms with van der Waals surface area (Å²) in [6.45, 7) is 7.95. The number of hydrogen-bond donors (Lipinski definition) is 0. The molecule has 0 radical (unpaired) electrons. The van der Waals surface area contributed by atoms with Gasteiger partial charge in [0.1, 0.15) is 6.07 Å². The van der Waals surface area contributed by atoms with Gasteiger partial charge in [0.15, 0.2) is 23.2 Å². The van der Waals surface area contributed by atoms with Crippen molar-refractivity contribution in [2.45, 2.75) is 0 Å². The van der Waals surface area contributed by atoms with Crippen LogP contribution in [0, 0.1) is 17.9 Å². The summed E-state index contributed by atoms with van der Waals surface area (Å²) in [7, 11) is 0. The lowest BCUT2D eigenvalue weighted by molar-refractivity contribution is 1.07. The number of benzene rings is 10. The Labute approximate surface area is 415 Å². The van der Waals surface area contributed by atoms with E-state index in [4.69, 9.17) is 21.5 Å². The van der Waals surface area contributed by atoms with Crippen LogP contribution in [0.15, 0.2) is 237 Å². The van der Waals surface area contributed by atoms with Gasteiger partial charge in [0.05, 0.1) is 45.6 Å². The molecule has 0 aliphatic heterocycles. The van der Waals surface area contributed by atoms with Gasteiger partial charge in [0.2, 0.25) is 0 Å². The molecule has 0 saturated heterocycles. The van der Waals surface area contributed by atoms with Crippen LogP contribution in [0.4, 0.5) is 5.69 Å². The molecule has 72 heavy (non-hydrogen) atoms. The van der Waals surface area contributed by atoms with Crippen molar-refractivity contribution in [3.63, 3.8) is 0 Å². The molecule has 0 atom stereocenters. The van der Waals surface area contributed by atoms with Crippen molar-refractivity contribution in [2.24, 2.45) is 0 Å². The first-order chi connectivity index (χ1) is 35.6. The third-order valence-electron chi connectivity index (χ3n) is 13.6. The molecule has 13 aromatic rings. The first-order valence-electron chi connectivity index (χ1n) is 23.8. The SMILES string of the molecule is [C-]#[N+]c1cccc(-c2cc(-c3nc(-c4ccccc4)nc(-c4ccc(-n5c6ccccc6c6cc(-c7ccccc7)ccc65)c(C#N)c4)n3)ccc2-n2c3ccccc3c3cc(-c4ccccc4)ccc32)c1. The van der Waals surface area contributed by atoms with Crippen molar-refractivity contribution in [3.8, 4) is 85.0 Å². The standard InChI is InChI=1S/C65H39N7/c1-67-51-23-15-22-47(37-51)54-40-49(31-35-60(54)72-59-27-14-12-25-53(59)56-39-46(29-34-62(56)72)43-18-7-3-8-19-43)65-69-63(44-20-9-4-10-21-44)68-64(70-65)48-30-32-57(50(36-48)41-66)71-58-26-13-11-24-52(58)55-38-45(28-33-61(55)71)42-16-5-2-6-17-42/h2-40H. The Balaban J connectivity index is 0.979. The summed E-state index contributed by atoms with van der Waals surface area (Å²) in [5.74, 6) is 1.42. The fraction of sp³-hybridized carbons (Fsp3) is 0. The molecule has 10 aromatic carbocycles. The zero-order valence-electron chi connectivity index (χ0n) is 38.6. The highest BCUT2D eigenvalue weighted by atomic mass is 15.0. The van der Waals surface area contributed by atoms with Crippen LogP contribution in [0.3, 0.4) is 0 Å². The maximum Gasteiger partial charge on any atom is 0.187 e. The molecular formula is C65H39N7. The maximum atomic E-state index is 10.9. The monoisotopic (exact) mass is 917 g/mol. The molecule has 0 spiro atoms. The molecule has 7 heteroatoms. The van der Waals surface area contributed by atoms with Gasteiger partial charge >= 0.3 is 0 Å². The van der Waals surface area contributed by atoms with Crippen molar-refractivity contribution >= 4 is 49.3 Å². The molecule has 0 N–H and O–H groups in total. The zero-order valence-corrected chi connectivity index (χ0v) is 38.6. The number of aromatic nitrogens is 5. The van der Waals surface area contributed by atoms with E-state index in [-0.39, 0.29) is 0 Å². The average molecular weight is 918 g/mol. The first kappa shape index (κ1) is 41.9. The van der Waals surface area contributed by atoms with E-state index < -0.39 is 0 Å². The second kappa shape index (κ2) is 17.4. The van der Waals surface area contributed by atoms with Gasteiger partial charge in [-0.1, -0.05) is 158 Å². The van der Waals surface area contributed by atoms with Crippen LogP contribution in [0.1, 0.15) is 5.56 Å². The fourth-order valence-corrected chi connectivity index (χ4v) is 10.2. The molecular weight excluding hydrogens is 879 g/mol. The number of hydrogen-bond acceptors (Lipinski definition) is 4. The van der Waals surface area contributed by atoms with Gasteiger partial charge in [-0.3, -0.25) is 0 Å². The zero-order chi connectivity index (χ0) is 48.1. The highest BCUT2D eigenvalue weighted by Crippen LogP contribution is 2.41. The maximum absolute atomic E-state index is 10.9. The highest BCUT2D eigenvalue weighted by Gasteiger charge is 2.21. The van der Waals surface area contributed by atoms with Crippen molar-refractivity contribution in [1.82, 2.24) is 24.1 Å². The molecule has 7 nitrogen and oxygen atoms in total. The Morgan fingerprint density at radius 3 is 1.35 bits per heavy atom. The van der Waals surface area contributed by atoms with Crippen LogP contribution in [0.25, 0.3) is 127 Å². The number of nitriles is 1. The predicted molar refractivity (Wildman–Crippen MR) is 292 cm³/mol. The van der Waals surface area contributed by atoms with Gasteiger partial charge in [-0.05, 0) is 107 Å². The normalized spacial score (nSPS) is 11.3. The number of para-hydroxylation sites is 2. The second-order valence-corrected chi connectivity index (χ2v) is 17.8. The van der Waals surface area contributed by atoms with E-state index >= 15 is 0 Å². The third kappa shape index (κ3) is 7.17. The van der Waals surface area contributed by atoms with Crippen LogP contribution in [0.5, 0.6) is 0 Å². The fourth-order valence-electron chi connectivity index (χ4n) is 10.2. The lowest BCUT2D eigenvalue weighted by Crippen LogP contribution is -2.03. The number of nitrogens with zero attached hydrogens (tertiary/aromatic N) is 7. The molecule has 0 aliphatic carbocycles. The summed E-state index contributed by atoms with van der Waals surface area (Å²) in [4.78, 5) is 19.3. The van der Waals surface area contributed by atoms with E-state index in [1.807, 2.05) is 84.9 Å². The minimum Gasteiger partial charge on any atom is -0.309 e. The molecule has 0 fully saturated rings. The van der Waals surface area contributed by atoms with Crippen molar-refractivity contribution in [3.05, 3.63) is 254 Å². The van der Waals surface area contributed by atoms with Gasteiger partial charge in [0.25, 0.3) is 0 Å². The van der Waals surface area contributed by atoms with E-state index in [2.05, 4.69) is 172 Å². The number of fused-ring (bicyclic) bond motifs is 6. The minimum atomic E-state index is 0.439. The molecule has 13 rings (SSSR count). The van der Waals surface area contributed by atoms with Gasteiger partial charge in [-0.15, -0.1) is 0 Å². The Morgan fingerprint density at radius 1 is 0.347 bits per heavy atom. The Hall–Kier alpha value is -10.2. The molecule has 0 bridgehead atoms. The minimum absolute atomic E-state index is 0.439. The summed E-state index contributed by atoms with van der Waals surface area (Å²) in [6.07, 6.45) is 0. The van der Waals surface area contributed by atoms with Crippen LogP contribution in [-0.2, 0) is 0 Å². The summed E-state index contributed by atoms with van der Waals surface area (Å²) in [6, 6.07) is 83.4. The van der Waals surface area contributed by atoms with Crippen LogP contribution >= 0.6 is 0 Å². The molecule has 0 saturated carbocycles. The van der Waals surface area contributed by atoms with E-state index in [9.17, 15) is 5.26 Å². The van der Waals surface area contributed by atoms with E-state index in [0.29, 0.717) is 34.3 Å². The Bertz CT molecular complexity index is 4350. The summed E-state index contributed by atoms with van der Waals surface area (Å²) >= 11 is 0. The van der Waals surface area contributed by atoms with Crippen molar-refractivity contribution in [1.29, 1.82) is 5.26 Å². The quantitative estimate of drug-likeness (QED) is 0.142. The molecule has 0 aliphatic rings. The average Bonchev–Trinajstić information content (AvgIpc) is 3.97.